The minimum Gasteiger partial charge on any atom is -0.490 e. The van der Waals surface area contributed by atoms with Crippen LogP contribution in [-0.2, 0) is 9.59 Å². The quantitative estimate of drug-likeness (QED) is 0.238. The summed E-state index contributed by atoms with van der Waals surface area (Å²) in [6.45, 7) is 8.02. The molecule has 0 bridgehead atoms. The van der Waals surface area contributed by atoms with Gasteiger partial charge in [-0.3, -0.25) is 14.5 Å². The number of carbonyl (C=O) groups is 2. The second-order valence-corrected chi connectivity index (χ2v) is 10.6. The van der Waals surface area contributed by atoms with Crippen LogP contribution in [-0.4, -0.2) is 34.2 Å². The van der Waals surface area contributed by atoms with Gasteiger partial charge in [-0.2, -0.15) is 0 Å². The molecule has 38 heavy (non-hydrogen) atoms. The van der Waals surface area contributed by atoms with E-state index in [2.05, 4.69) is 5.32 Å². The number of thiocarbonyl (C=S) groups is 1. The molecule has 0 unspecified atom stereocenters. The Kier molecular flexibility index (Phi) is 8.86. The van der Waals surface area contributed by atoms with Crippen molar-refractivity contribution >= 4 is 51.9 Å². The molecule has 196 valence electrons. The normalized spacial score (nSPS) is 15.1. The number of carbonyl (C=O) groups excluding carboxylic acids is 2. The summed E-state index contributed by atoms with van der Waals surface area (Å²) in [7, 11) is 0. The summed E-state index contributed by atoms with van der Waals surface area (Å²) < 4.78 is 12.1. The number of hydrogen-bond donors (Lipinski definition) is 1. The molecule has 2 amide bonds. The highest BCUT2D eigenvalue weighted by molar-refractivity contribution is 8.26. The predicted octanol–water partition coefficient (Wildman–Crippen LogP) is 6.68. The molecular weight excluding hydrogens is 516 g/mol. The zero-order chi connectivity index (χ0) is 27.2. The summed E-state index contributed by atoms with van der Waals surface area (Å²) in [6, 6.07) is 20.9. The van der Waals surface area contributed by atoms with Crippen molar-refractivity contribution in [2.75, 3.05) is 18.5 Å². The van der Waals surface area contributed by atoms with Gasteiger partial charge in [-0.15, -0.1) is 0 Å². The van der Waals surface area contributed by atoms with Crippen LogP contribution in [0.1, 0.15) is 42.1 Å². The molecule has 1 N–H and O–H groups in total. The molecule has 8 heteroatoms. The average Bonchev–Trinajstić information content (AvgIpc) is 3.18. The molecule has 1 fully saturated rings. The molecule has 1 aliphatic rings. The second-order valence-electron chi connectivity index (χ2n) is 8.93. The SMILES string of the molecule is CCOc1cc(/C=C2\SC(=S)N([C@H](C)c3ccccc3)C2=O)ccc1OCC(=O)Nc1cc(C)ccc1C. The van der Waals surface area contributed by atoms with E-state index in [-0.39, 0.29) is 24.5 Å². The van der Waals surface area contributed by atoms with Gasteiger partial charge >= 0.3 is 0 Å². The van der Waals surface area contributed by atoms with Crippen molar-refractivity contribution in [3.8, 4) is 11.5 Å². The van der Waals surface area contributed by atoms with Crippen LogP contribution in [0.2, 0.25) is 0 Å². The number of aryl methyl sites for hydroxylation is 2. The Morgan fingerprint density at radius 3 is 2.55 bits per heavy atom. The molecule has 4 rings (SSSR count). The molecule has 1 aliphatic heterocycles. The molecule has 0 radical (unpaired) electrons. The third-order valence-corrected chi connectivity index (χ3v) is 7.41. The van der Waals surface area contributed by atoms with Gasteiger partial charge in [-0.25, -0.2) is 0 Å². The monoisotopic (exact) mass is 546 g/mol. The molecule has 1 heterocycles. The van der Waals surface area contributed by atoms with Crippen molar-refractivity contribution in [2.45, 2.75) is 33.7 Å². The van der Waals surface area contributed by atoms with Crippen molar-refractivity contribution in [3.63, 3.8) is 0 Å². The third kappa shape index (κ3) is 6.44. The van der Waals surface area contributed by atoms with Gasteiger partial charge in [0.15, 0.2) is 18.1 Å². The summed E-state index contributed by atoms with van der Waals surface area (Å²) >= 11 is 6.82. The first-order valence-corrected chi connectivity index (χ1v) is 13.6. The van der Waals surface area contributed by atoms with Gasteiger partial charge in [-0.05, 0) is 74.2 Å². The highest BCUT2D eigenvalue weighted by Gasteiger charge is 2.35. The molecule has 3 aromatic rings. The number of benzene rings is 3. The fourth-order valence-corrected chi connectivity index (χ4v) is 5.47. The standard InChI is InChI=1S/C30H30N2O4S2/c1-5-35-26-16-22(13-14-25(26)36-18-28(33)31-24-15-19(2)11-12-20(24)3)17-27-29(34)32(30(37)38-27)21(4)23-9-7-6-8-10-23/h6-17,21H,5,18H2,1-4H3,(H,31,33)/b27-17-/t21-/m1/s1. The minimum absolute atomic E-state index is 0.127. The number of ether oxygens (including phenoxy) is 2. The number of anilines is 1. The first-order valence-electron chi connectivity index (χ1n) is 12.4. The lowest BCUT2D eigenvalue weighted by atomic mass is 10.1. The fraction of sp³-hybridized carbons (Fsp3) is 0.233. The highest BCUT2D eigenvalue weighted by Crippen LogP contribution is 2.39. The maximum atomic E-state index is 13.2. The average molecular weight is 547 g/mol. The van der Waals surface area contributed by atoms with Gasteiger partial charge in [0.25, 0.3) is 11.8 Å². The van der Waals surface area contributed by atoms with Gasteiger partial charge in [-0.1, -0.05) is 72.5 Å². The molecule has 6 nitrogen and oxygen atoms in total. The number of amides is 2. The van der Waals surface area contributed by atoms with E-state index < -0.39 is 0 Å². The van der Waals surface area contributed by atoms with Crippen LogP contribution in [0.3, 0.4) is 0 Å². The molecule has 0 saturated carbocycles. The summed E-state index contributed by atoms with van der Waals surface area (Å²) in [5, 5.41) is 2.89. The van der Waals surface area contributed by atoms with E-state index in [4.69, 9.17) is 21.7 Å². The van der Waals surface area contributed by atoms with E-state index in [1.54, 1.807) is 23.1 Å². The smallest absolute Gasteiger partial charge is 0.266 e. The highest BCUT2D eigenvalue weighted by atomic mass is 32.2. The third-order valence-electron chi connectivity index (χ3n) is 6.08. The topological polar surface area (TPSA) is 67.9 Å². The fourth-order valence-electron chi connectivity index (χ4n) is 4.05. The summed E-state index contributed by atoms with van der Waals surface area (Å²) in [4.78, 5) is 28.0. The van der Waals surface area contributed by atoms with E-state index in [0.717, 1.165) is 27.9 Å². The Bertz CT molecular complexity index is 1390. The van der Waals surface area contributed by atoms with Gasteiger partial charge in [0.2, 0.25) is 0 Å². The summed E-state index contributed by atoms with van der Waals surface area (Å²) in [5.41, 5.74) is 4.59. The maximum absolute atomic E-state index is 13.2. The zero-order valence-electron chi connectivity index (χ0n) is 21.8. The van der Waals surface area contributed by atoms with Crippen molar-refractivity contribution in [3.05, 3.63) is 93.9 Å². The van der Waals surface area contributed by atoms with E-state index in [9.17, 15) is 9.59 Å². The molecule has 1 saturated heterocycles. The van der Waals surface area contributed by atoms with Crippen molar-refractivity contribution in [1.82, 2.24) is 4.90 Å². The Morgan fingerprint density at radius 2 is 1.82 bits per heavy atom. The number of thioether (sulfide) groups is 1. The van der Waals surface area contributed by atoms with E-state index in [1.807, 2.05) is 82.3 Å². The first-order chi connectivity index (χ1) is 18.3. The number of hydrogen-bond acceptors (Lipinski definition) is 6. The van der Waals surface area contributed by atoms with Crippen LogP contribution >= 0.6 is 24.0 Å². The Labute approximate surface area is 233 Å². The predicted molar refractivity (Wildman–Crippen MR) is 158 cm³/mol. The molecule has 0 aliphatic carbocycles. The summed E-state index contributed by atoms with van der Waals surface area (Å²) in [5.74, 6) is 0.554. The molecule has 0 spiro atoms. The second kappa shape index (κ2) is 12.3. The van der Waals surface area contributed by atoms with Crippen LogP contribution in [0.15, 0.2) is 71.6 Å². The van der Waals surface area contributed by atoms with Gasteiger partial charge < -0.3 is 14.8 Å². The lowest BCUT2D eigenvalue weighted by molar-refractivity contribution is -0.123. The Hall–Kier alpha value is -3.62. The zero-order valence-corrected chi connectivity index (χ0v) is 23.4. The maximum Gasteiger partial charge on any atom is 0.266 e. The molecule has 1 atom stereocenters. The number of nitrogens with one attached hydrogen (secondary N) is 1. The van der Waals surface area contributed by atoms with Gasteiger partial charge in [0.1, 0.15) is 4.32 Å². The van der Waals surface area contributed by atoms with E-state index in [1.165, 1.54) is 11.8 Å². The molecular formula is C30H30N2O4S2. The van der Waals surface area contributed by atoms with Gasteiger partial charge in [0.05, 0.1) is 17.6 Å². The van der Waals surface area contributed by atoms with Gasteiger partial charge in [0, 0.05) is 5.69 Å². The number of rotatable bonds is 9. The van der Waals surface area contributed by atoms with Crippen molar-refractivity contribution < 1.29 is 19.1 Å². The lowest BCUT2D eigenvalue weighted by Gasteiger charge is -2.23. The van der Waals surface area contributed by atoms with Crippen molar-refractivity contribution in [2.24, 2.45) is 0 Å². The van der Waals surface area contributed by atoms with Crippen LogP contribution in [0, 0.1) is 13.8 Å². The largest absolute Gasteiger partial charge is 0.490 e. The molecule has 3 aromatic carbocycles. The Balaban J connectivity index is 1.47. The van der Waals surface area contributed by atoms with Crippen LogP contribution in [0.25, 0.3) is 6.08 Å². The van der Waals surface area contributed by atoms with E-state index >= 15 is 0 Å². The lowest BCUT2D eigenvalue weighted by Crippen LogP contribution is -2.30. The molecule has 0 aromatic heterocycles. The van der Waals surface area contributed by atoms with Crippen LogP contribution in [0.5, 0.6) is 11.5 Å². The van der Waals surface area contributed by atoms with Crippen molar-refractivity contribution in [1.29, 1.82) is 0 Å². The Morgan fingerprint density at radius 1 is 1.05 bits per heavy atom. The van der Waals surface area contributed by atoms with Crippen LogP contribution in [0.4, 0.5) is 5.69 Å². The number of nitrogens with zero attached hydrogens (tertiary/aromatic N) is 1. The first kappa shape index (κ1) is 27.4. The van der Waals surface area contributed by atoms with E-state index in [0.29, 0.717) is 27.3 Å². The van der Waals surface area contributed by atoms with Crippen LogP contribution < -0.4 is 14.8 Å². The minimum atomic E-state index is -0.263. The summed E-state index contributed by atoms with van der Waals surface area (Å²) in [6.07, 6.45) is 1.80.